The highest BCUT2D eigenvalue weighted by molar-refractivity contribution is 6.25. The number of hydrogen-bond donors (Lipinski definition) is 0. The maximum Gasteiger partial charge on any atom is 0.0619 e. The predicted octanol–water partition coefficient (Wildman–Crippen LogP) is 13.2. The lowest BCUT2D eigenvalue weighted by atomic mass is 9.68. The molecule has 0 aromatic heterocycles. The Morgan fingerprint density at radius 1 is 0.347 bits per heavy atom. The van der Waals surface area contributed by atoms with Crippen LogP contribution in [0.25, 0.3) is 54.6 Å². The minimum absolute atomic E-state index is 0.0987. The summed E-state index contributed by atoms with van der Waals surface area (Å²) in [5.41, 5.74) is 14.3. The molecule has 234 valence electrons. The summed E-state index contributed by atoms with van der Waals surface area (Å²) < 4.78 is 0. The molecule has 0 bridgehead atoms. The minimum atomic E-state index is -0.120. The van der Waals surface area contributed by atoms with Crippen LogP contribution < -0.4 is 4.90 Å². The first-order valence-corrected chi connectivity index (χ1v) is 17.5. The molecule has 0 amide bonds. The van der Waals surface area contributed by atoms with E-state index in [1.165, 1.54) is 93.9 Å². The van der Waals surface area contributed by atoms with Crippen molar-refractivity contribution < 1.29 is 0 Å². The Balaban J connectivity index is 1.33. The summed E-state index contributed by atoms with van der Waals surface area (Å²) in [6, 6.07) is 56.8. The summed E-state index contributed by atoms with van der Waals surface area (Å²) >= 11 is 0. The topological polar surface area (TPSA) is 3.24 Å². The molecule has 2 aliphatic rings. The van der Waals surface area contributed by atoms with Gasteiger partial charge in [0.1, 0.15) is 0 Å². The fraction of sp³-hybridized carbons (Fsp3) is 0.125. The Hall–Kier alpha value is -5.66. The fourth-order valence-electron chi connectivity index (χ4n) is 9.32. The van der Waals surface area contributed by atoms with Gasteiger partial charge >= 0.3 is 0 Å². The molecule has 0 atom stereocenters. The van der Waals surface area contributed by atoms with Crippen LogP contribution in [0.4, 0.5) is 17.1 Å². The van der Waals surface area contributed by atoms with E-state index in [1.54, 1.807) is 0 Å². The maximum atomic E-state index is 2.54. The molecule has 0 N–H and O–H groups in total. The fourth-order valence-corrected chi connectivity index (χ4v) is 9.32. The van der Waals surface area contributed by atoms with Gasteiger partial charge in [0, 0.05) is 21.6 Å². The molecule has 0 fully saturated rings. The van der Waals surface area contributed by atoms with E-state index in [-0.39, 0.29) is 10.8 Å². The average molecular weight is 628 g/mol. The quantitative estimate of drug-likeness (QED) is 0.172. The normalized spacial score (nSPS) is 15.2. The highest BCUT2D eigenvalue weighted by Crippen LogP contribution is 2.57. The molecule has 8 aromatic rings. The Bertz CT molecular complexity index is 2570. The number of anilines is 3. The first kappa shape index (κ1) is 28.4. The first-order chi connectivity index (χ1) is 23.9. The number of rotatable bonds is 2. The van der Waals surface area contributed by atoms with Crippen LogP contribution in [-0.4, -0.2) is 0 Å². The summed E-state index contributed by atoms with van der Waals surface area (Å²) in [5, 5.41) is 7.75. The van der Waals surface area contributed by atoms with Gasteiger partial charge in [0.25, 0.3) is 0 Å². The first-order valence-electron chi connectivity index (χ1n) is 17.5. The molecule has 1 heterocycles. The van der Waals surface area contributed by atoms with E-state index >= 15 is 0 Å². The third kappa shape index (κ3) is 3.71. The van der Waals surface area contributed by atoms with Gasteiger partial charge in [0.15, 0.2) is 0 Å². The van der Waals surface area contributed by atoms with Crippen LogP contribution in [0, 0.1) is 0 Å². The highest BCUT2D eigenvalue weighted by Gasteiger charge is 2.38. The maximum absolute atomic E-state index is 2.54. The number of para-hydroxylation sites is 2. The van der Waals surface area contributed by atoms with Crippen molar-refractivity contribution in [1.82, 2.24) is 0 Å². The van der Waals surface area contributed by atoms with Crippen LogP contribution in [0.5, 0.6) is 0 Å². The zero-order valence-corrected chi connectivity index (χ0v) is 28.4. The van der Waals surface area contributed by atoms with E-state index in [0.29, 0.717) is 0 Å². The van der Waals surface area contributed by atoms with Gasteiger partial charge in [0.05, 0.1) is 17.1 Å². The van der Waals surface area contributed by atoms with Gasteiger partial charge in [-0.15, -0.1) is 0 Å². The molecular weight excluding hydrogens is 591 g/mol. The second kappa shape index (κ2) is 9.94. The molecule has 0 saturated carbocycles. The van der Waals surface area contributed by atoms with Crippen LogP contribution in [-0.2, 0) is 10.8 Å². The Labute approximate surface area is 288 Å². The summed E-state index contributed by atoms with van der Waals surface area (Å²) in [6.07, 6.45) is 0. The lowest BCUT2D eigenvalue weighted by Crippen LogP contribution is -2.30. The summed E-state index contributed by atoms with van der Waals surface area (Å²) in [6.45, 7) is 9.48. The van der Waals surface area contributed by atoms with Crippen molar-refractivity contribution in [3.63, 3.8) is 0 Å². The highest BCUT2D eigenvalue weighted by atomic mass is 15.2. The second-order valence-corrected chi connectivity index (χ2v) is 14.9. The number of fused-ring (bicyclic) bond motifs is 6. The van der Waals surface area contributed by atoms with Crippen molar-refractivity contribution in [2.24, 2.45) is 0 Å². The van der Waals surface area contributed by atoms with E-state index in [1.807, 2.05) is 0 Å². The lowest BCUT2D eigenvalue weighted by Gasteiger charge is -2.42. The predicted molar refractivity (Wildman–Crippen MR) is 209 cm³/mol. The van der Waals surface area contributed by atoms with Gasteiger partial charge in [-0.2, -0.15) is 0 Å². The molecule has 0 spiro atoms. The van der Waals surface area contributed by atoms with Crippen molar-refractivity contribution in [1.29, 1.82) is 0 Å². The zero-order chi connectivity index (χ0) is 33.1. The van der Waals surface area contributed by atoms with Gasteiger partial charge < -0.3 is 4.90 Å². The van der Waals surface area contributed by atoms with Crippen molar-refractivity contribution in [3.8, 4) is 22.3 Å². The Kier molecular flexibility index (Phi) is 5.75. The minimum Gasteiger partial charge on any atom is -0.309 e. The molecule has 49 heavy (non-hydrogen) atoms. The van der Waals surface area contributed by atoms with Crippen LogP contribution in [0.2, 0.25) is 0 Å². The van der Waals surface area contributed by atoms with Gasteiger partial charge in [-0.25, -0.2) is 0 Å². The van der Waals surface area contributed by atoms with E-state index in [4.69, 9.17) is 0 Å². The molecule has 1 aliphatic carbocycles. The third-order valence-corrected chi connectivity index (χ3v) is 11.6. The second-order valence-electron chi connectivity index (χ2n) is 14.9. The standard InChI is InChI=1S/C48H37N/c1-47(2)38-22-10-9-16-30(38)34-28-29-35(31-21-15-25-41(47)45(31)34)44-32-17-5-7-19-36(32)46(37-20-8-6-18-33(37)44)49-42-26-13-11-23-39(42)48(3,4)40-24-12-14-27-43(40)49/h5-29H,1-4H3. The van der Waals surface area contributed by atoms with Crippen LogP contribution in [0.15, 0.2) is 152 Å². The van der Waals surface area contributed by atoms with Gasteiger partial charge in [0.2, 0.25) is 0 Å². The van der Waals surface area contributed by atoms with Crippen LogP contribution in [0.1, 0.15) is 49.9 Å². The molecule has 0 unspecified atom stereocenters. The van der Waals surface area contributed by atoms with Crippen LogP contribution >= 0.6 is 0 Å². The average Bonchev–Trinajstić information content (AvgIpc) is 3.14. The van der Waals surface area contributed by atoms with E-state index in [9.17, 15) is 0 Å². The summed E-state index contributed by atoms with van der Waals surface area (Å²) in [4.78, 5) is 2.54. The monoisotopic (exact) mass is 627 g/mol. The number of nitrogens with zero attached hydrogens (tertiary/aromatic N) is 1. The molecular formula is C48H37N. The number of benzene rings is 8. The van der Waals surface area contributed by atoms with Gasteiger partial charge in [-0.3, -0.25) is 0 Å². The summed E-state index contributed by atoms with van der Waals surface area (Å²) in [7, 11) is 0. The van der Waals surface area contributed by atoms with Crippen molar-refractivity contribution in [2.75, 3.05) is 4.90 Å². The van der Waals surface area contributed by atoms with Crippen molar-refractivity contribution in [2.45, 2.75) is 38.5 Å². The third-order valence-electron chi connectivity index (χ3n) is 11.6. The number of hydrogen-bond acceptors (Lipinski definition) is 1. The molecule has 10 rings (SSSR count). The molecule has 8 aromatic carbocycles. The van der Waals surface area contributed by atoms with Crippen molar-refractivity contribution >= 4 is 49.4 Å². The van der Waals surface area contributed by atoms with Gasteiger partial charge in [-0.05, 0) is 78.2 Å². The van der Waals surface area contributed by atoms with E-state index in [0.717, 1.165) is 0 Å². The largest absolute Gasteiger partial charge is 0.309 e. The molecule has 1 nitrogen and oxygen atoms in total. The Morgan fingerprint density at radius 3 is 1.43 bits per heavy atom. The van der Waals surface area contributed by atoms with E-state index < -0.39 is 0 Å². The SMILES string of the molecule is CC1(C)c2ccccc2N(c2c3ccccc3c(-c3ccc4c5c(cccc35)C(C)(C)c3ccccc3-4)c3ccccc23)c2ccccc21. The van der Waals surface area contributed by atoms with E-state index in [2.05, 4.69) is 184 Å². The summed E-state index contributed by atoms with van der Waals surface area (Å²) in [5.74, 6) is 0. The van der Waals surface area contributed by atoms with Crippen molar-refractivity contribution in [3.05, 3.63) is 174 Å². The molecule has 1 aliphatic heterocycles. The molecule has 1 heteroatoms. The molecule has 0 radical (unpaired) electrons. The van der Waals surface area contributed by atoms with Crippen LogP contribution in [0.3, 0.4) is 0 Å². The Morgan fingerprint density at radius 2 is 0.796 bits per heavy atom. The smallest absolute Gasteiger partial charge is 0.0619 e. The van der Waals surface area contributed by atoms with Gasteiger partial charge in [-0.1, -0.05) is 167 Å². The lowest BCUT2D eigenvalue weighted by molar-refractivity contribution is 0.632. The zero-order valence-electron chi connectivity index (χ0n) is 28.4. The molecule has 0 saturated heterocycles.